The number of hydrogen-bond acceptors (Lipinski definition) is 7. The summed E-state index contributed by atoms with van der Waals surface area (Å²) < 4.78 is 10.6. The molecule has 0 radical (unpaired) electrons. The van der Waals surface area contributed by atoms with E-state index >= 15 is 0 Å². The van der Waals surface area contributed by atoms with Crippen molar-refractivity contribution in [2.24, 2.45) is 16.3 Å². The number of rotatable bonds is 5. The Bertz CT molecular complexity index is 1040. The third kappa shape index (κ3) is 4.17. The third-order valence-electron chi connectivity index (χ3n) is 5.61. The number of nitro groups is 1. The van der Waals surface area contributed by atoms with Crippen molar-refractivity contribution in [2.75, 3.05) is 14.2 Å². The van der Waals surface area contributed by atoms with Gasteiger partial charge in [0, 0.05) is 22.7 Å². The highest BCUT2D eigenvalue weighted by molar-refractivity contribution is 7.16. The molecule has 0 fully saturated rings. The van der Waals surface area contributed by atoms with Gasteiger partial charge >= 0.3 is 0 Å². The number of non-ortho nitro benzene ring substituents is 1. The van der Waals surface area contributed by atoms with E-state index in [1.54, 1.807) is 0 Å². The molecule has 0 saturated carbocycles. The van der Waals surface area contributed by atoms with Gasteiger partial charge in [-0.25, -0.2) is 4.99 Å². The van der Waals surface area contributed by atoms with Crippen molar-refractivity contribution in [1.29, 1.82) is 5.26 Å². The number of benzene rings is 1. The van der Waals surface area contributed by atoms with Crippen LogP contribution in [0.25, 0.3) is 0 Å². The molecule has 1 aliphatic carbocycles. The van der Waals surface area contributed by atoms with Gasteiger partial charge in [0.25, 0.3) is 5.69 Å². The molecule has 0 amide bonds. The molecule has 0 unspecified atom stereocenters. The van der Waals surface area contributed by atoms with Crippen LogP contribution in [0.1, 0.15) is 48.8 Å². The normalized spacial score (nSPS) is 16.2. The molecule has 0 bridgehead atoms. The maximum Gasteiger partial charge on any atom is 0.274 e. The van der Waals surface area contributed by atoms with E-state index in [1.807, 2.05) is 0 Å². The molecular weight excluding hydrogens is 402 g/mol. The summed E-state index contributed by atoms with van der Waals surface area (Å²) in [7, 11) is 2.90. The Labute approximate surface area is 180 Å². The fraction of sp³-hybridized carbons (Fsp3) is 0.455. The molecule has 1 aromatic carbocycles. The molecule has 0 aliphatic heterocycles. The third-order valence-corrected chi connectivity index (χ3v) is 6.77. The first-order valence-electron chi connectivity index (χ1n) is 9.68. The van der Waals surface area contributed by atoms with Gasteiger partial charge in [0.05, 0.1) is 30.8 Å². The van der Waals surface area contributed by atoms with E-state index < -0.39 is 4.92 Å². The van der Waals surface area contributed by atoms with E-state index in [9.17, 15) is 15.4 Å². The second-order valence-electron chi connectivity index (χ2n) is 8.39. The van der Waals surface area contributed by atoms with Gasteiger partial charge in [-0.3, -0.25) is 10.1 Å². The number of aliphatic imine (C=N–C) groups is 1. The zero-order chi connectivity index (χ0) is 22.1. The molecule has 0 spiro atoms. The highest BCUT2D eigenvalue weighted by atomic mass is 32.1. The maximum atomic E-state index is 11.3. The number of nitriles is 1. The van der Waals surface area contributed by atoms with Crippen molar-refractivity contribution in [2.45, 2.75) is 40.0 Å². The van der Waals surface area contributed by atoms with E-state index in [0.29, 0.717) is 27.8 Å². The van der Waals surface area contributed by atoms with Gasteiger partial charge < -0.3 is 9.47 Å². The average molecular weight is 428 g/mol. The fourth-order valence-corrected chi connectivity index (χ4v) is 5.05. The van der Waals surface area contributed by atoms with Crippen LogP contribution in [0.15, 0.2) is 17.1 Å². The molecule has 7 nitrogen and oxygen atoms in total. The Hall–Kier alpha value is -2.92. The summed E-state index contributed by atoms with van der Waals surface area (Å²) in [5, 5.41) is 21.6. The molecule has 1 aromatic heterocycles. The van der Waals surface area contributed by atoms with Gasteiger partial charge in [-0.1, -0.05) is 20.8 Å². The molecule has 2 aromatic rings. The van der Waals surface area contributed by atoms with Crippen molar-refractivity contribution >= 4 is 28.2 Å². The molecule has 1 atom stereocenters. The summed E-state index contributed by atoms with van der Waals surface area (Å²) >= 11 is 1.53. The van der Waals surface area contributed by atoms with Gasteiger partial charge in [0.15, 0.2) is 11.5 Å². The zero-order valence-electron chi connectivity index (χ0n) is 17.8. The number of fused-ring (bicyclic) bond motifs is 1. The Kier molecular flexibility index (Phi) is 6.13. The van der Waals surface area contributed by atoms with Crippen LogP contribution in [0.2, 0.25) is 0 Å². The molecule has 30 heavy (non-hydrogen) atoms. The number of methoxy groups -OCH3 is 2. The van der Waals surface area contributed by atoms with Crippen molar-refractivity contribution in [1.82, 2.24) is 0 Å². The largest absolute Gasteiger partial charge is 0.493 e. The lowest BCUT2D eigenvalue weighted by molar-refractivity contribution is -0.385. The molecule has 0 N–H and O–H groups in total. The van der Waals surface area contributed by atoms with Crippen molar-refractivity contribution in [3.8, 4) is 17.6 Å². The summed E-state index contributed by atoms with van der Waals surface area (Å²) in [6.07, 6.45) is 4.39. The topological polar surface area (TPSA) is 97.8 Å². The average Bonchev–Trinajstić information content (AvgIpc) is 3.07. The molecular formula is C22H25N3O4S. The van der Waals surface area contributed by atoms with Gasteiger partial charge in [0.1, 0.15) is 11.1 Å². The maximum absolute atomic E-state index is 11.3. The summed E-state index contributed by atoms with van der Waals surface area (Å²) in [4.78, 5) is 16.5. The number of nitro benzene ring substituents is 1. The first-order valence-corrected chi connectivity index (χ1v) is 10.5. The van der Waals surface area contributed by atoms with E-state index in [0.717, 1.165) is 24.8 Å². The number of nitrogens with zero attached hydrogens (tertiary/aromatic N) is 3. The molecule has 8 heteroatoms. The molecule has 1 aliphatic rings. The lowest BCUT2D eigenvalue weighted by Gasteiger charge is -2.33. The molecule has 0 saturated heterocycles. The first kappa shape index (κ1) is 21.8. The lowest BCUT2D eigenvalue weighted by atomic mass is 9.72. The van der Waals surface area contributed by atoms with E-state index in [-0.39, 0.29) is 16.9 Å². The summed E-state index contributed by atoms with van der Waals surface area (Å²) in [5.41, 5.74) is 2.22. The summed E-state index contributed by atoms with van der Waals surface area (Å²) in [5.74, 6) is 1.18. The van der Waals surface area contributed by atoms with Gasteiger partial charge in [0.2, 0.25) is 0 Å². The Morgan fingerprint density at radius 1 is 1.33 bits per heavy atom. The van der Waals surface area contributed by atoms with Crippen LogP contribution >= 0.6 is 11.3 Å². The van der Waals surface area contributed by atoms with Crippen LogP contribution < -0.4 is 9.47 Å². The number of thiophene rings is 1. The minimum absolute atomic E-state index is 0.118. The number of ether oxygens (including phenoxy) is 2. The Morgan fingerprint density at radius 2 is 2.07 bits per heavy atom. The van der Waals surface area contributed by atoms with Crippen LogP contribution in [-0.4, -0.2) is 25.4 Å². The van der Waals surface area contributed by atoms with Crippen LogP contribution in [0.4, 0.5) is 10.7 Å². The van der Waals surface area contributed by atoms with Crippen LogP contribution in [0.5, 0.6) is 11.5 Å². The number of hydrogen-bond donors (Lipinski definition) is 0. The van der Waals surface area contributed by atoms with Crippen LogP contribution in [-0.2, 0) is 12.8 Å². The highest BCUT2D eigenvalue weighted by Crippen LogP contribution is 2.45. The standard InChI is InChI=1S/C22H25N3O4S/c1-22(2,3)14-6-7-16-17(11-23)21(30-19(16)9-14)24-12-13-8-15(25(26)27)10-18(28-4)20(13)29-5/h8,10,12,14H,6-7,9H2,1-5H3/t14-/m1/s1. The van der Waals surface area contributed by atoms with Crippen molar-refractivity contribution in [3.05, 3.63) is 43.8 Å². The van der Waals surface area contributed by atoms with E-state index in [4.69, 9.17) is 9.47 Å². The minimum Gasteiger partial charge on any atom is -0.493 e. The predicted molar refractivity (Wildman–Crippen MR) is 117 cm³/mol. The van der Waals surface area contributed by atoms with Crippen LogP contribution in [0, 0.1) is 32.8 Å². The van der Waals surface area contributed by atoms with Crippen molar-refractivity contribution < 1.29 is 14.4 Å². The molecule has 1 heterocycles. The quantitative estimate of drug-likeness (QED) is 0.359. The monoisotopic (exact) mass is 427 g/mol. The van der Waals surface area contributed by atoms with Crippen molar-refractivity contribution in [3.63, 3.8) is 0 Å². The minimum atomic E-state index is -0.490. The molecule has 3 rings (SSSR count). The Morgan fingerprint density at radius 3 is 2.63 bits per heavy atom. The predicted octanol–water partition coefficient (Wildman–Crippen LogP) is 5.45. The molecule has 158 valence electrons. The first-order chi connectivity index (χ1) is 14.2. The SMILES string of the molecule is COc1cc([N+](=O)[O-])cc(C=Nc2sc3c(c2C#N)CC[C@@H](C(C)(C)C)C3)c1OC. The van der Waals surface area contributed by atoms with Gasteiger partial charge in [-0.15, -0.1) is 11.3 Å². The second-order valence-corrected chi connectivity index (χ2v) is 9.47. The smallest absolute Gasteiger partial charge is 0.274 e. The summed E-state index contributed by atoms with van der Waals surface area (Å²) in [6.45, 7) is 6.76. The van der Waals surface area contributed by atoms with E-state index in [2.05, 4.69) is 31.8 Å². The second kappa shape index (κ2) is 8.44. The Balaban J connectivity index is 2.02. The van der Waals surface area contributed by atoms with E-state index in [1.165, 1.54) is 48.8 Å². The lowest BCUT2D eigenvalue weighted by Crippen LogP contribution is -2.26. The van der Waals surface area contributed by atoms with Gasteiger partial charge in [-0.05, 0) is 36.2 Å². The zero-order valence-corrected chi connectivity index (χ0v) is 18.6. The fourth-order valence-electron chi connectivity index (χ4n) is 3.83. The van der Waals surface area contributed by atoms with Crippen LogP contribution in [0.3, 0.4) is 0 Å². The summed E-state index contributed by atoms with van der Waals surface area (Å²) in [6, 6.07) is 5.01. The highest BCUT2D eigenvalue weighted by Gasteiger charge is 2.32. The van der Waals surface area contributed by atoms with Gasteiger partial charge in [-0.2, -0.15) is 5.26 Å².